The monoisotopic (exact) mass is 308 g/mol. The predicted molar refractivity (Wildman–Crippen MR) is 87.8 cm³/mol. The SMILES string of the molecule is Nc1ccc(OCCCCCCCCCCC(=O)NO)cc1. The summed E-state index contributed by atoms with van der Waals surface area (Å²) in [4.78, 5) is 10.8. The molecule has 0 saturated carbocycles. The van der Waals surface area contributed by atoms with E-state index in [1.807, 2.05) is 24.3 Å². The molecular weight excluding hydrogens is 280 g/mol. The molecule has 0 spiro atoms. The molecule has 0 atom stereocenters. The Balaban J connectivity index is 1.84. The Morgan fingerprint density at radius 1 is 0.955 bits per heavy atom. The lowest BCUT2D eigenvalue weighted by atomic mass is 10.1. The van der Waals surface area contributed by atoms with Crippen molar-refractivity contribution >= 4 is 11.6 Å². The van der Waals surface area contributed by atoms with Crippen molar-refractivity contribution in [3.63, 3.8) is 0 Å². The van der Waals surface area contributed by atoms with E-state index < -0.39 is 0 Å². The number of hydrogen-bond acceptors (Lipinski definition) is 4. The van der Waals surface area contributed by atoms with E-state index in [1.165, 1.54) is 25.7 Å². The van der Waals surface area contributed by atoms with Crippen molar-refractivity contribution in [2.45, 2.75) is 57.8 Å². The fraction of sp³-hybridized carbons (Fsp3) is 0.588. The summed E-state index contributed by atoms with van der Waals surface area (Å²) in [6.45, 7) is 0.750. The van der Waals surface area contributed by atoms with E-state index in [9.17, 15) is 4.79 Å². The molecule has 0 saturated heterocycles. The molecule has 0 fully saturated rings. The lowest BCUT2D eigenvalue weighted by Crippen LogP contribution is -2.17. The van der Waals surface area contributed by atoms with Crippen LogP contribution in [-0.2, 0) is 4.79 Å². The summed E-state index contributed by atoms with van der Waals surface area (Å²) in [5, 5.41) is 8.35. The van der Waals surface area contributed by atoms with Gasteiger partial charge in [-0.1, -0.05) is 38.5 Å². The van der Waals surface area contributed by atoms with Gasteiger partial charge in [0.25, 0.3) is 0 Å². The van der Waals surface area contributed by atoms with E-state index in [-0.39, 0.29) is 5.91 Å². The molecule has 22 heavy (non-hydrogen) atoms. The third-order valence-electron chi connectivity index (χ3n) is 3.57. The van der Waals surface area contributed by atoms with E-state index in [2.05, 4.69) is 0 Å². The number of carbonyl (C=O) groups is 1. The van der Waals surface area contributed by atoms with E-state index in [0.717, 1.165) is 43.7 Å². The van der Waals surface area contributed by atoms with Crippen LogP contribution in [0.3, 0.4) is 0 Å². The number of nitrogens with two attached hydrogens (primary N) is 1. The van der Waals surface area contributed by atoms with Gasteiger partial charge in [-0.05, 0) is 37.1 Å². The van der Waals surface area contributed by atoms with Gasteiger partial charge in [0.15, 0.2) is 0 Å². The van der Waals surface area contributed by atoms with Gasteiger partial charge in [0.2, 0.25) is 5.91 Å². The molecule has 0 heterocycles. The summed E-state index contributed by atoms with van der Waals surface area (Å²) in [7, 11) is 0. The number of nitrogens with one attached hydrogen (secondary N) is 1. The van der Waals surface area contributed by atoms with Crippen molar-refractivity contribution in [3.05, 3.63) is 24.3 Å². The van der Waals surface area contributed by atoms with Crippen LogP contribution in [0.5, 0.6) is 5.75 Å². The number of hydroxylamine groups is 1. The molecule has 0 radical (unpaired) electrons. The molecule has 0 unspecified atom stereocenters. The fourth-order valence-corrected chi connectivity index (χ4v) is 2.26. The topological polar surface area (TPSA) is 84.6 Å². The maximum Gasteiger partial charge on any atom is 0.243 e. The second-order valence-corrected chi connectivity index (χ2v) is 5.53. The van der Waals surface area contributed by atoms with Crippen LogP contribution in [0.15, 0.2) is 24.3 Å². The summed E-state index contributed by atoms with van der Waals surface area (Å²) >= 11 is 0. The standard InChI is InChI=1S/C17H28N2O3/c18-15-10-12-16(13-11-15)22-14-8-6-4-2-1-3-5-7-9-17(20)19-21/h10-13,21H,1-9,14,18H2,(H,19,20). The largest absolute Gasteiger partial charge is 0.494 e. The van der Waals surface area contributed by atoms with Gasteiger partial charge in [-0.15, -0.1) is 0 Å². The number of ether oxygens (including phenoxy) is 1. The van der Waals surface area contributed by atoms with Crippen molar-refractivity contribution in [2.24, 2.45) is 0 Å². The molecule has 1 rings (SSSR count). The number of anilines is 1. The van der Waals surface area contributed by atoms with Crippen molar-refractivity contribution < 1.29 is 14.7 Å². The van der Waals surface area contributed by atoms with Gasteiger partial charge >= 0.3 is 0 Å². The van der Waals surface area contributed by atoms with Gasteiger partial charge in [0, 0.05) is 12.1 Å². The van der Waals surface area contributed by atoms with Gasteiger partial charge in [-0.2, -0.15) is 0 Å². The van der Waals surface area contributed by atoms with Crippen LogP contribution in [0.1, 0.15) is 57.8 Å². The summed E-state index contributed by atoms with van der Waals surface area (Å²) in [5.41, 5.74) is 8.02. The van der Waals surface area contributed by atoms with Crippen LogP contribution in [0, 0.1) is 0 Å². The zero-order valence-electron chi connectivity index (χ0n) is 13.2. The van der Waals surface area contributed by atoms with Crippen molar-refractivity contribution in [2.75, 3.05) is 12.3 Å². The molecule has 124 valence electrons. The number of benzene rings is 1. The number of amides is 1. The fourth-order valence-electron chi connectivity index (χ4n) is 2.26. The Bertz CT molecular complexity index is 407. The van der Waals surface area contributed by atoms with Gasteiger partial charge < -0.3 is 10.5 Å². The van der Waals surface area contributed by atoms with E-state index in [0.29, 0.717) is 6.42 Å². The minimum Gasteiger partial charge on any atom is -0.494 e. The second-order valence-electron chi connectivity index (χ2n) is 5.53. The number of rotatable bonds is 12. The first-order valence-corrected chi connectivity index (χ1v) is 8.13. The van der Waals surface area contributed by atoms with Gasteiger partial charge in [-0.3, -0.25) is 10.0 Å². The number of nitrogen functional groups attached to an aromatic ring is 1. The van der Waals surface area contributed by atoms with Crippen molar-refractivity contribution in [1.29, 1.82) is 0 Å². The van der Waals surface area contributed by atoms with Gasteiger partial charge in [0.1, 0.15) is 5.75 Å². The molecular formula is C17H28N2O3. The minimum atomic E-state index is -0.291. The van der Waals surface area contributed by atoms with E-state index in [4.69, 9.17) is 15.7 Å². The average molecular weight is 308 g/mol. The Labute approximate surface area is 132 Å². The maximum absolute atomic E-state index is 10.8. The maximum atomic E-state index is 10.8. The zero-order chi connectivity index (χ0) is 16.0. The molecule has 4 N–H and O–H groups in total. The third kappa shape index (κ3) is 9.23. The first kappa shape index (κ1) is 18.3. The van der Waals surface area contributed by atoms with Crippen LogP contribution in [0.25, 0.3) is 0 Å². The smallest absolute Gasteiger partial charge is 0.243 e. The molecule has 5 heteroatoms. The van der Waals surface area contributed by atoms with Gasteiger partial charge in [0.05, 0.1) is 6.61 Å². The first-order chi connectivity index (χ1) is 10.7. The molecule has 0 aromatic heterocycles. The second kappa shape index (κ2) is 11.9. The first-order valence-electron chi connectivity index (χ1n) is 8.13. The Hall–Kier alpha value is -1.75. The Kier molecular flexibility index (Phi) is 9.87. The molecule has 0 bridgehead atoms. The van der Waals surface area contributed by atoms with E-state index in [1.54, 1.807) is 5.48 Å². The minimum absolute atomic E-state index is 0.291. The third-order valence-corrected chi connectivity index (χ3v) is 3.57. The highest BCUT2D eigenvalue weighted by Crippen LogP contribution is 2.14. The van der Waals surface area contributed by atoms with Crippen LogP contribution in [0.4, 0.5) is 5.69 Å². The average Bonchev–Trinajstić information content (AvgIpc) is 2.54. The van der Waals surface area contributed by atoms with Crippen LogP contribution in [-0.4, -0.2) is 17.7 Å². The molecule has 1 aromatic carbocycles. The summed E-state index contributed by atoms with van der Waals surface area (Å²) < 4.78 is 5.64. The van der Waals surface area contributed by atoms with Crippen molar-refractivity contribution in [3.8, 4) is 5.75 Å². The molecule has 1 aromatic rings. The molecule has 0 aliphatic heterocycles. The van der Waals surface area contributed by atoms with Crippen LogP contribution in [0.2, 0.25) is 0 Å². The number of unbranched alkanes of at least 4 members (excludes halogenated alkanes) is 7. The Morgan fingerprint density at radius 2 is 1.50 bits per heavy atom. The Morgan fingerprint density at radius 3 is 2.09 bits per heavy atom. The van der Waals surface area contributed by atoms with Gasteiger partial charge in [-0.25, -0.2) is 5.48 Å². The van der Waals surface area contributed by atoms with E-state index >= 15 is 0 Å². The molecule has 0 aliphatic carbocycles. The summed E-state index contributed by atoms with van der Waals surface area (Å²) in [6, 6.07) is 7.48. The number of hydrogen-bond donors (Lipinski definition) is 3. The molecule has 0 aliphatic rings. The summed E-state index contributed by atoms with van der Waals surface area (Å²) in [6.07, 6.45) is 9.38. The number of carbonyl (C=O) groups excluding carboxylic acids is 1. The van der Waals surface area contributed by atoms with Crippen LogP contribution < -0.4 is 16.0 Å². The molecule has 1 amide bonds. The predicted octanol–water partition coefficient (Wildman–Crippen LogP) is 3.66. The van der Waals surface area contributed by atoms with Crippen LogP contribution >= 0.6 is 0 Å². The highest BCUT2D eigenvalue weighted by atomic mass is 16.5. The molecule has 5 nitrogen and oxygen atoms in total. The lowest BCUT2D eigenvalue weighted by molar-refractivity contribution is -0.129. The zero-order valence-corrected chi connectivity index (χ0v) is 13.2. The highest BCUT2D eigenvalue weighted by molar-refractivity contribution is 5.74. The summed E-state index contributed by atoms with van der Waals surface area (Å²) in [5.74, 6) is 0.585. The lowest BCUT2D eigenvalue weighted by Gasteiger charge is -2.06. The van der Waals surface area contributed by atoms with Crippen molar-refractivity contribution in [1.82, 2.24) is 5.48 Å². The highest BCUT2D eigenvalue weighted by Gasteiger charge is 1.98. The quantitative estimate of drug-likeness (QED) is 0.238. The normalized spacial score (nSPS) is 10.4.